The van der Waals surface area contributed by atoms with Gasteiger partial charge >= 0.3 is 5.97 Å². The molecule has 72 valence electrons. The van der Waals surface area contributed by atoms with Gasteiger partial charge < -0.3 is 5.11 Å². The highest BCUT2D eigenvalue weighted by molar-refractivity contribution is 6.34. The quantitative estimate of drug-likeness (QED) is 0.773. The summed E-state index contributed by atoms with van der Waals surface area (Å²) in [5, 5.41) is 13.6. The molecular formula is C8H6ClN3O2. The van der Waals surface area contributed by atoms with E-state index in [2.05, 4.69) is 10.1 Å². The van der Waals surface area contributed by atoms with E-state index in [1.165, 1.54) is 17.1 Å². The molecule has 0 aliphatic carbocycles. The molecule has 2 rings (SSSR count). The minimum Gasteiger partial charge on any atom is -0.478 e. The molecule has 0 aromatic carbocycles. The Kier molecular flexibility index (Phi) is 1.89. The fourth-order valence-corrected chi connectivity index (χ4v) is 1.60. The van der Waals surface area contributed by atoms with Crippen molar-refractivity contribution in [1.82, 2.24) is 14.8 Å². The van der Waals surface area contributed by atoms with Crippen LogP contribution in [0.25, 0.3) is 10.9 Å². The fourth-order valence-electron chi connectivity index (χ4n) is 1.35. The maximum Gasteiger partial charge on any atom is 0.339 e. The molecule has 0 fully saturated rings. The van der Waals surface area contributed by atoms with E-state index in [0.29, 0.717) is 10.9 Å². The highest BCUT2D eigenvalue weighted by Crippen LogP contribution is 2.23. The molecule has 2 heterocycles. The monoisotopic (exact) mass is 211 g/mol. The molecule has 2 aromatic rings. The molecule has 2 aromatic heterocycles. The molecule has 5 nitrogen and oxygen atoms in total. The molecule has 0 atom stereocenters. The summed E-state index contributed by atoms with van der Waals surface area (Å²) in [7, 11) is 1.64. The standard InChI is InChI=1S/C8H6ClN3O2/c1-12-6-4(7(9)11-12)2-10-3-5(6)8(13)14/h2-3H,1H3,(H,13,14). The zero-order valence-electron chi connectivity index (χ0n) is 7.23. The van der Waals surface area contributed by atoms with Crippen molar-refractivity contribution in [2.24, 2.45) is 7.05 Å². The van der Waals surface area contributed by atoms with Gasteiger partial charge in [-0.15, -0.1) is 0 Å². The second-order valence-electron chi connectivity index (χ2n) is 2.80. The number of carboxylic acid groups (broad SMARTS) is 1. The van der Waals surface area contributed by atoms with Crippen LogP contribution in [0.5, 0.6) is 0 Å². The molecule has 1 N–H and O–H groups in total. The van der Waals surface area contributed by atoms with E-state index in [0.717, 1.165) is 0 Å². The van der Waals surface area contributed by atoms with Crippen molar-refractivity contribution in [3.63, 3.8) is 0 Å². The van der Waals surface area contributed by atoms with Gasteiger partial charge in [0.05, 0.1) is 10.9 Å². The van der Waals surface area contributed by atoms with Crippen LogP contribution in [0, 0.1) is 0 Å². The highest BCUT2D eigenvalue weighted by Gasteiger charge is 2.15. The normalized spacial score (nSPS) is 10.7. The molecule has 0 aliphatic heterocycles. The maximum atomic E-state index is 10.9. The van der Waals surface area contributed by atoms with Crippen LogP contribution in [0.1, 0.15) is 10.4 Å². The Hall–Kier alpha value is -1.62. The van der Waals surface area contributed by atoms with Gasteiger partial charge in [0.1, 0.15) is 5.56 Å². The van der Waals surface area contributed by atoms with E-state index >= 15 is 0 Å². The van der Waals surface area contributed by atoms with Crippen molar-refractivity contribution < 1.29 is 9.90 Å². The molecule has 0 saturated carbocycles. The van der Waals surface area contributed by atoms with Gasteiger partial charge in [0.25, 0.3) is 0 Å². The summed E-state index contributed by atoms with van der Waals surface area (Å²) in [5.41, 5.74) is 0.585. The SMILES string of the molecule is Cn1nc(Cl)c2cncc(C(=O)O)c21. The predicted octanol–water partition coefficient (Wildman–Crippen LogP) is 1.32. The molecule has 0 bridgehead atoms. The first-order chi connectivity index (χ1) is 6.61. The van der Waals surface area contributed by atoms with Gasteiger partial charge in [-0.3, -0.25) is 9.67 Å². The van der Waals surface area contributed by atoms with Gasteiger partial charge in [-0.2, -0.15) is 5.10 Å². The predicted molar refractivity (Wildman–Crippen MR) is 50.5 cm³/mol. The van der Waals surface area contributed by atoms with Crippen molar-refractivity contribution >= 4 is 28.5 Å². The van der Waals surface area contributed by atoms with Gasteiger partial charge in [-0.05, 0) is 0 Å². The van der Waals surface area contributed by atoms with E-state index in [9.17, 15) is 4.79 Å². The minimum absolute atomic E-state index is 0.101. The van der Waals surface area contributed by atoms with Crippen LogP contribution < -0.4 is 0 Å². The lowest BCUT2D eigenvalue weighted by Gasteiger charge is -1.97. The van der Waals surface area contributed by atoms with Gasteiger partial charge in [0, 0.05) is 19.4 Å². The number of hydrogen-bond donors (Lipinski definition) is 1. The third-order valence-electron chi connectivity index (χ3n) is 1.93. The first kappa shape index (κ1) is 8.96. The summed E-state index contributed by atoms with van der Waals surface area (Å²) >= 11 is 5.79. The van der Waals surface area contributed by atoms with E-state index in [4.69, 9.17) is 16.7 Å². The number of pyridine rings is 1. The number of nitrogens with zero attached hydrogens (tertiary/aromatic N) is 3. The highest BCUT2D eigenvalue weighted by atomic mass is 35.5. The Morgan fingerprint density at radius 3 is 2.93 bits per heavy atom. The van der Waals surface area contributed by atoms with Gasteiger partial charge in [0.15, 0.2) is 5.15 Å². The minimum atomic E-state index is -1.04. The van der Waals surface area contributed by atoms with Gasteiger partial charge in [-0.1, -0.05) is 11.6 Å². The Morgan fingerprint density at radius 2 is 2.29 bits per heavy atom. The number of rotatable bonds is 1. The molecule has 0 unspecified atom stereocenters. The van der Waals surface area contributed by atoms with Crippen LogP contribution >= 0.6 is 11.6 Å². The van der Waals surface area contributed by atoms with Crippen LogP contribution in [0.4, 0.5) is 0 Å². The lowest BCUT2D eigenvalue weighted by molar-refractivity contribution is 0.0698. The third-order valence-corrected chi connectivity index (χ3v) is 2.21. The number of halogens is 1. The second kappa shape index (κ2) is 2.95. The van der Waals surface area contributed by atoms with Gasteiger partial charge in [0.2, 0.25) is 0 Å². The maximum absolute atomic E-state index is 10.9. The van der Waals surface area contributed by atoms with E-state index in [1.54, 1.807) is 7.05 Å². The van der Waals surface area contributed by atoms with Crippen LogP contribution in [0.2, 0.25) is 5.15 Å². The van der Waals surface area contributed by atoms with E-state index < -0.39 is 5.97 Å². The van der Waals surface area contributed by atoms with Crippen molar-refractivity contribution in [1.29, 1.82) is 0 Å². The summed E-state index contributed by atoms with van der Waals surface area (Å²) in [5.74, 6) is -1.04. The number of fused-ring (bicyclic) bond motifs is 1. The summed E-state index contributed by atoms with van der Waals surface area (Å²) in [4.78, 5) is 14.6. The molecule has 6 heteroatoms. The number of hydrogen-bond acceptors (Lipinski definition) is 3. The molecule has 0 aliphatic rings. The molecule has 0 saturated heterocycles. The summed E-state index contributed by atoms with van der Waals surface area (Å²) in [6.45, 7) is 0. The number of aromatic carboxylic acids is 1. The summed E-state index contributed by atoms with van der Waals surface area (Å²) in [6.07, 6.45) is 2.78. The lowest BCUT2D eigenvalue weighted by Crippen LogP contribution is -2.01. The zero-order valence-corrected chi connectivity index (χ0v) is 7.99. The smallest absolute Gasteiger partial charge is 0.339 e. The number of carbonyl (C=O) groups is 1. The average Bonchev–Trinajstić information content (AvgIpc) is 2.43. The molecule has 0 spiro atoms. The first-order valence-corrected chi connectivity index (χ1v) is 4.18. The molecule has 0 amide bonds. The van der Waals surface area contributed by atoms with Crippen molar-refractivity contribution in [2.45, 2.75) is 0 Å². The second-order valence-corrected chi connectivity index (χ2v) is 3.16. The topological polar surface area (TPSA) is 68.0 Å². The van der Waals surface area contributed by atoms with Gasteiger partial charge in [-0.25, -0.2) is 4.79 Å². The number of aryl methyl sites for hydroxylation is 1. The summed E-state index contributed by atoms with van der Waals surface area (Å²) in [6, 6.07) is 0. The van der Waals surface area contributed by atoms with Crippen LogP contribution in [0.3, 0.4) is 0 Å². The number of aromatic nitrogens is 3. The Morgan fingerprint density at radius 1 is 1.57 bits per heavy atom. The Balaban J connectivity index is 2.92. The van der Waals surface area contributed by atoms with Crippen LogP contribution in [0.15, 0.2) is 12.4 Å². The van der Waals surface area contributed by atoms with Crippen molar-refractivity contribution in [3.05, 3.63) is 23.1 Å². The van der Waals surface area contributed by atoms with Crippen LogP contribution in [-0.4, -0.2) is 25.8 Å². The number of carboxylic acids is 1. The Labute approximate surface area is 83.9 Å². The molecule has 0 radical (unpaired) electrons. The largest absolute Gasteiger partial charge is 0.478 e. The van der Waals surface area contributed by atoms with E-state index in [-0.39, 0.29) is 10.7 Å². The summed E-state index contributed by atoms with van der Waals surface area (Å²) < 4.78 is 1.43. The van der Waals surface area contributed by atoms with Crippen molar-refractivity contribution in [2.75, 3.05) is 0 Å². The zero-order chi connectivity index (χ0) is 10.3. The average molecular weight is 212 g/mol. The van der Waals surface area contributed by atoms with E-state index in [1.807, 2.05) is 0 Å². The van der Waals surface area contributed by atoms with Crippen molar-refractivity contribution in [3.8, 4) is 0 Å². The molecular weight excluding hydrogens is 206 g/mol. The first-order valence-electron chi connectivity index (χ1n) is 3.80. The Bertz CT molecular complexity index is 521. The lowest BCUT2D eigenvalue weighted by atomic mass is 10.2. The fraction of sp³-hybridized carbons (Fsp3) is 0.125. The third kappa shape index (κ3) is 1.13. The van der Waals surface area contributed by atoms with Crippen LogP contribution in [-0.2, 0) is 7.05 Å². The molecule has 14 heavy (non-hydrogen) atoms.